The molecule has 0 aromatic carbocycles. The Labute approximate surface area is 120 Å². The molecule has 0 bridgehead atoms. The Balaban J connectivity index is 2.08. The van der Waals surface area contributed by atoms with Crippen molar-refractivity contribution in [2.45, 2.75) is 32.0 Å². The third-order valence-corrected chi connectivity index (χ3v) is 3.78. The highest BCUT2D eigenvalue weighted by molar-refractivity contribution is 5.72. The number of carbonyl (C=O) groups is 1. The second kappa shape index (κ2) is 5.91. The van der Waals surface area contributed by atoms with Crippen LogP contribution in [0.2, 0.25) is 0 Å². The molecule has 1 aromatic heterocycles. The van der Waals surface area contributed by atoms with Crippen LogP contribution in [0.5, 0.6) is 0 Å². The molecular formula is C14H17F3N2O2. The molecule has 0 amide bonds. The summed E-state index contributed by atoms with van der Waals surface area (Å²) in [5.74, 6) is 0.108. The van der Waals surface area contributed by atoms with Gasteiger partial charge in [-0.3, -0.25) is 4.79 Å². The summed E-state index contributed by atoms with van der Waals surface area (Å²) in [6.45, 7) is 2.49. The second-order valence-electron chi connectivity index (χ2n) is 5.19. The summed E-state index contributed by atoms with van der Waals surface area (Å²) in [4.78, 5) is 17.3. The number of rotatable bonds is 2. The van der Waals surface area contributed by atoms with E-state index in [0.717, 1.165) is 12.3 Å². The van der Waals surface area contributed by atoms with Gasteiger partial charge in [-0.15, -0.1) is 0 Å². The van der Waals surface area contributed by atoms with Crippen LogP contribution in [0, 0.1) is 5.92 Å². The molecule has 2 heterocycles. The molecule has 21 heavy (non-hydrogen) atoms. The van der Waals surface area contributed by atoms with E-state index in [-0.39, 0.29) is 17.9 Å². The van der Waals surface area contributed by atoms with E-state index >= 15 is 0 Å². The maximum absolute atomic E-state index is 12.5. The zero-order valence-corrected chi connectivity index (χ0v) is 11.9. The quantitative estimate of drug-likeness (QED) is 0.788. The normalized spacial score (nSPS) is 23.0. The first kappa shape index (κ1) is 15.6. The molecule has 2 atom stereocenters. The third kappa shape index (κ3) is 3.46. The topological polar surface area (TPSA) is 42.4 Å². The van der Waals surface area contributed by atoms with Crippen molar-refractivity contribution < 1.29 is 22.7 Å². The number of aromatic nitrogens is 1. The molecule has 1 aromatic rings. The number of pyridine rings is 1. The Morgan fingerprint density at radius 2 is 2.14 bits per heavy atom. The molecule has 0 saturated carbocycles. The molecule has 1 aliphatic heterocycles. The number of hydrogen-bond acceptors (Lipinski definition) is 4. The molecule has 7 heteroatoms. The fourth-order valence-corrected chi connectivity index (χ4v) is 2.62. The minimum absolute atomic E-state index is 0.0205. The summed E-state index contributed by atoms with van der Waals surface area (Å²) >= 11 is 0. The van der Waals surface area contributed by atoms with E-state index in [9.17, 15) is 18.0 Å². The fraction of sp³-hybridized carbons (Fsp3) is 0.571. The predicted octanol–water partition coefficient (Wildman–Crippen LogP) is 2.88. The number of carbonyl (C=O) groups excluding carboxylic acids is 1. The number of halogens is 3. The van der Waals surface area contributed by atoms with E-state index in [2.05, 4.69) is 4.98 Å². The molecule has 116 valence electrons. The van der Waals surface area contributed by atoms with Gasteiger partial charge in [0.2, 0.25) is 0 Å². The third-order valence-electron chi connectivity index (χ3n) is 3.78. The smallest absolute Gasteiger partial charge is 0.417 e. The Bertz CT molecular complexity index is 502. The van der Waals surface area contributed by atoms with Gasteiger partial charge in [-0.25, -0.2) is 4.98 Å². The minimum atomic E-state index is -4.38. The summed E-state index contributed by atoms with van der Waals surface area (Å²) in [6, 6.07) is 2.42. The lowest BCUT2D eigenvalue weighted by Gasteiger charge is -2.37. The monoisotopic (exact) mass is 302 g/mol. The summed E-state index contributed by atoms with van der Waals surface area (Å²) < 4.78 is 42.3. The number of alkyl halides is 3. The first-order valence-electron chi connectivity index (χ1n) is 6.70. The lowest BCUT2D eigenvalue weighted by atomic mass is 9.91. The fourth-order valence-electron chi connectivity index (χ4n) is 2.62. The average Bonchev–Trinajstić information content (AvgIpc) is 2.45. The van der Waals surface area contributed by atoms with Crippen molar-refractivity contribution in [3.8, 4) is 0 Å². The van der Waals surface area contributed by atoms with Gasteiger partial charge in [0.15, 0.2) is 0 Å². The SMILES string of the molecule is COC(=O)[C@@H]1CCN(c2ccc(C(F)(F)F)cn2)[C@H](C)C1. The number of hydrogen-bond donors (Lipinski definition) is 0. The van der Waals surface area contributed by atoms with Gasteiger partial charge in [0.1, 0.15) is 5.82 Å². The molecule has 1 aliphatic rings. The number of ether oxygens (including phenoxy) is 1. The lowest BCUT2D eigenvalue weighted by molar-refractivity contribution is -0.146. The highest BCUT2D eigenvalue weighted by Gasteiger charge is 2.33. The van der Waals surface area contributed by atoms with Crippen LogP contribution in [-0.2, 0) is 15.7 Å². The zero-order valence-electron chi connectivity index (χ0n) is 11.9. The first-order valence-corrected chi connectivity index (χ1v) is 6.70. The number of nitrogens with zero attached hydrogens (tertiary/aromatic N) is 2. The van der Waals surface area contributed by atoms with Gasteiger partial charge in [-0.2, -0.15) is 13.2 Å². The van der Waals surface area contributed by atoms with Gasteiger partial charge in [-0.1, -0.05) is 0 Å². The molecule has 0 radical (unpaired) electrons. The van der Waals surface area contributed by atoms with Crippen LogP contribution in [0.3, 0.4) is 0 Å². The van der Waals surface area contributed by atoms with Gasteiger partial charge in [-0.05, 0) is 31.9 Å². The van der Waals surface area contributed by atoms with Gasteiger partial charge in [0.25, 0.3) is 0 Å². The standard InChI is InChI=1S/C14H17F3N2O2/c1-9-7-10(13(20)21-2)5-6-19(9)12-4-3-11(8-18-12)14(15,16)17/h3-4,8-10H,5-7H2,1-2H3/t9-,10-/m1/s1. The second-order valence-corrected chi connectivity index (χ2v) is 5.19. The van der Waals surface area contributed by atoms with E-state index in [1.54, 1.807) is 0 Å². The molecule has 1 fully saturated rings. The van der Waals surface area contributed by atoms with Crippen molar-refractivity contribution in [2.24, 2.45) is 5.92 Å². The number of anilines is 1. The zero-order chi connectivity index (χ0) is 15.6. The average molecular weight is 302 g/mol. The van der Waals surface area contributed by atoms with Crippen molar-refractivity contribution in [3.05, 3.63) is 23.9 Å². The van der Waals surface area contributed by atoms with Gasteiger partial charge >= 0.3 is 12.1 Å². The van der Waals surface area contributed by atoms with E-state index in [0.29, 0.717) is 25.2 Å². The Morgan fingerprint density at radius 1 is 1.43 bits per heavy atom. The number of piperidine rings is 1. The van der Waals surface area contributed by atoms with Gasteiger partial charge in [0.05, 0.1) is 18.6 Å². The summed E-state index contributed by atoms with van der Waals surface area (Å²) in [5.41, 5.74) is -0.761. The van der Waals surface area contributed by atoms with Crippen molar-refractivity contribution in [3.63, 3.8) is 0 Å². The first-order chi connectivity index (χ1) is 9.82. The van der Waals surface area contributed by atoms with Crippen LogP contribution in [-0.4, -0.2) is 30.6 Å². The van der Waals surface area contributed by atoms with Crippen LogP contribution in [0.25, 0.3) is 0 Å². The molecule has 0 spiro atoms. The van der Waals surface area contributed by atoms with Gasteiger partial charge < -0.3 is 9.64 Å². The Morgan fingerprint density at radius 3 is 2.62 bits per heavy atom. The summed E-state index contributed by atoms with van der Waals surface area (Å²) in [7, 11) is 1.36. The predicted molar refractivity (Wildman–Crippen MR) is 70.8 cm³/mol. The van der Waals surface area contributed by atoms with E-state index in [1.165, 1.54) is 13.2 Å². The van der Waals surface area contributed by atoms with Crippen molar-refractivity contribution >= 4 is 11.8 Å². The van der Waals surface area contributed by atoms with Crippen LogP contribution in [0.15, 0.2) is 18.3 Å². The molecule has 4 nitrogen and oxygen atoms in total. The van der Waals surface area contributed by atoms with Crippen molar-refractivity contribution in [2.75, 3.05) is 18.6 Å². The van der Waals surface area contributed by atoms with Crippen molar-refractivity contribution in [1.29, 1.82) is 0 Å². The van der Waals surface area contributed by atoms with Crippen LogP contribution < -0.4 is 4.90 Å². The Kier molecular flexibility index (Phi) is 4.39. The molecule has 0 N–H and O–H groups in total. The molecule has 1 saturated heterocycles. The number of esters is 1. The van der Waals surface area contributed by atoms with Crippen LogP contribution >= 0.6 is 0 Å². The van der Waals surface area contributed by atoms with E-state index in [1.807, 2.05) is 11.8 Å². The van der Waals surface area contributed by atoms with Crippen LogP contribution in [0.1, 0.15) is 25.3 Å². The Hall–Kier alpha value is -1.79. The summed E-state index contributed by atoms with van der Waals surface area (Å²) in [6.07, 6.45) is -2.32. The highest BCUT2D eigenvalue weighted by atomic mass is 19.4. The minimum Gasteiger partial charge on any atom is -0.469 e. The molecule has 0 aliphatic carbocycles. The van der Waals surface area contributed by atoms with E-state index in [4.69, 9.17) is 4.74 Å². The largest absolute Gasteiger partial charge is 0.469 e. The lowest BCUT2D eigenvalue weighted by Crippen LogP contribution is -2.43. The maximum atomic E-state index is 12.5. The summed E-state index contributed by atoms with van der Waals surface area (Å²) in [5, 5.41) is 0. The highest BCUT2D eigenvalue weighted by Crippen LogP contribution is 2.31. The molecule has 2 rings (SSSR count). The van der Waals surface area contributed by atoms with Crippen molar-refractivity contribution in [1.82, 2.24) is 4.98 Å². The molecular weight excluding hydrogens is 285 g/mol. The number of methoxy groups -OCH3 is 1. The molecule has 0 unspecified atom stereocenters. The maximum Gasteiger partial charge on any atom is 0.417 e. The van der Waals surface area contributed by atoms with Gasteiger partial charge in [0, 0.05) is 18.8 Å². The van der Waals surface area contributed by atoms with Crippen LogP contribution in [0.4, 0.5) is 19.0 Å². The van der Waals surface area contributed by atoms with E-state index < -0.39 is 11.7 Å².